The quantitative estimate of drug-likeness (QED) is 0.293. The van der Waals surface area contributed by atoms with Crippen molar-refractivity contribution in [3.8, 4) is 0 Å². The maximum absolute atomic E-state index is 8.25. The van der Waals surface area contributed by atoms with Crippen LogP contribution in [-0.2, 0) is 17.1 Å². The number of hydrogen-bond acceptors (Lipinski definition) is 5. The largest absolute Gasteiger partial charge is 0.356 e. The molecule has 0 fully saturated rings. The average Bonchev–Trinajstić information content (AvgIpc) is 0.811. The van der Waals surface area contributed by atoms with Gasteiger partial charge in [-0.15, -0.1) is 0 Å². The summed E-state index contributed by atoms with van der Waals surface area (Å²) in [6.07, 6.45) is 0. The molecule has 0 aliphatic rings. The molecule has 0 saturated carbocycles. The van der Waals surface area contributed by atoms with Gasteiger partial charge in [0.2, 0.25) is 0 Å². The maximum atomic E-state index is 8.25. The van der Waals surface area contributed by atoms with Gasteiger partial charge in [0.05, 0.1) is 5.09 Å². The Hall–Kier alpha value is -0.361. The standard InChI is InChI=1S/Cu.NO3.2H3N/c;2-1(3)4;;/h;;2*1H3/q;-1;;. The van der Waals surface area contributed by atoms with E-state index in [9.17, 15) is 0 Å². The van der Waals surface area contributed by atoms with Gasteiger partial charge in [-0.1, -0.05) is 0 Å². The molecule has 0 heterocycles. The third kappa shape index (κ3) is 575. The third-order valence-electron chi connectivity index (χ3n) is 0. The molecule has 7 heteroatoms. The molecule has 0 aromatic heterocycles. The molecule has 0 aliphatic heterocycles. The molecular weight excluding hydrogens is 154 g/mol. The second kappa shape index (κ2) is 17.4. The van der Waals surface area contributed by atoms with Crippen molar-refractivity contribution < 1.29 is 22.2 Å². The molecule has 0 unspecified atom stereocenters. The Balaban J connectivity index is -0.0000000150. The van der Waals surface area contributed by atoms with Gasteiger partial charge in [-0.25, -0.2) is 0 Å². The minimum atomic E-state index is -1.75. The number of hydrogen-bond donors (Lipinski definition) is 2. The fourth-order valence-electron chi connectivity index (χ4n) is 0. The van der Waals surface area contributed by atoms with Crippen molar-refractivity contribution in [2.24, 2.45) is 0 Å². The summed E-state index contributed by atoms with van der Waals surface area (Å²) in [6, 6.07) is 0. The zero-order chi connectivity index (χ0) is 3.58. The summed E-state index contributed by atoms with van der Waals surface area (Å²) in [5, 5.41) is 14.8. The predicted octanol–water partition coefficient (Wildman–Crippen LogP) is 0.0824. The fourth-order valence-corrected chi connectivity index (χ4v) is 0. The first kappa shape index (κ1) is 30.3. The van der Waals surface area contributed by atoms with E-state index in [1.807, 2.05) is 0 Å². The molecule has 1 radical (unpaired) electrons. The van der Waals surface area contributed by atoms with E-state index in [1.54, 1.807) is 0 Å². The molecule has 6 N–H and O–H groups in total. The topological polar surface area (TPSA) is 136 Å². The second-order valence-corrected chi connectivity index (χ2v) is 0.224. The zero-order valence-corrected chi connectivity index (χ0v) is 4.33. The molecule has 6 nitrogen and oxygen atoms in total. The van der Waals surface area contributed by atoms with Crippen molar-refractivity contribution in [1.29, 1.82) is 0 Å². The van der Waals surface area contributed by atoms with Crippen LogP contribution in [0.1, 0.15) is 0 Å². The minimum absolute atomic E-state index is 0. The monoisotopic (exact) mass is 159 g/mol. The smallest absolute Gasteiger partial charge is 0.0689 e. The molecule has 0 aromatic carbocycles. The average molecular weight is 160 g/mol. The molecule has 0 atom stereocenters. The molecule has 7 heavy (non-hydrogen) atoms. The van der Waals surface area contributed by atoms with Crippen LogP contribution in [-0.4, -0.2) is 5.09 Å². The van der Waals surface area contributed by atoms with Crippen LogP contribution >= 0.6 is 0 Å². The summed E-state index contributed by atoms with van der Waals surface area (Å²) in [6.45, 7) is 0. The molecule has 0 rings (SSSR count). The van der Waals surface area contributed by atoms with Crippen LogP contribution in [0.15, 0.2) is 0 Å². The van der Waals surface area contributed by atoms with Gasteiger partial charge in [-0.2, -0.15) is 0 Å². The van der Waals surface area contributed by atoms with Crippen molar-refractivity contribution in [1.82, 2.24) is 12.3 Å². The van der Waals surface area contributed by atoms with Gasteiger partial charge in [0.15, 0.2) is 0 Å². The van der Waals surface area contributed by atoms with E-state index in [-0.39, 0.29) is 29.4 Å². The van der Waals surface area contributed by atoms with E-state index in [2.05, 4.69) is 0 Å². The third-order valence-corrected chi connectivity index (χ3v) is 0. The summed E-state index contributed by atoms with van der Waals surface area (Å²) >= 11 is 0. The van der Waals surface area contributed by atoms with Gasteiger partial charge < -0.3 is 27.6 Å². The van der Waals surface area contributed by atoms with E-state index in [1.165, 1.54) is 0 Å². The molecule has 0 saturated heterocycles. The Bertz CT molecular complexity index is 33.2. The van der Waals surface area contributed by atoms with Gasteiger partial charge in [0.25, 0.3) is 0 Å². The summed E-state index contributed by atoms with van der Waals surface area (Å²) in [4.78, 5) is 8.25. The molecule has 0 aliphatic carbocycles. The van der Waals surface area contributed by atoms with Crippen LogP contribution in [0.4, 0.5) is 0 Å². The predicted molar refractivity (Wildman–Crippen MR) is 20.4 cm³/mol. The van der Waals surface area contributed by atoms with Gasteiger partial charge in [-0.3, -0.25) is 0 Å². The summed E-state index contributed by atoms with van der Waals surface area (Å²) in [5.74, 6) is 0. The Morgan fingerprint density at radius 3 is 1.14 bits per heavy atom. The van der Waals surface area contributed by atoms with E-state index < -0.39 is 5.09 Å². The van der Waals surface area contributed by atoms with E-state index in [0.717, 1.165) is 0 Å². The number of nitrogens with zero attached hydrogens (tertiary/aromatic N) is 1. The number of rotatable bonds is 0. The zero-order valence-electron chi connectivity index (χ0n) is 3.39. The summed E-state index contributed by atoms with van der Waals surface area (Å²) < 4.78 is 0. The van der Waals surface area contributed by atoms with E-state index in [0.29, 0.717) is 0 Å². The van der Waals surface area contributed by atoms with Crippen LogP contribution in [0.3, 0.4) is 0 Å². The first-order valence-electron chi connectivity index (χ1n) is 0.548. The first-order chi connectivity index (χ1) is 1.73. The Labute approximate surface area is 50.6 Å². The fraction of sp³-hybridized carbons (Fsp3) is 0. The molecular formula is H6CuN3O3-. The van der Waals surface area contributed by atoms with Crippen LogP contribution in [0.2, 0.25) is 0 Å². The molecule has 0 amide bonds. The maximum Gasteiger partial charge on any atom is 0.0689 e. The Kier molecular flexibility index (Phi) is 75.4. The van der Waals surface area contributed by atoms with Gasteiger partial charge in [0, 0.05) is 17.1 Å². The van der Waals surface area contributed by atoms with Crippen molar-refractivity contribution in [2.45, 2.75) is 0 Å². The minimum Gasteiger partial charge on any atom is -0.356 e. The van der Waals surface area contributed by atoms with Crippen LogP contribution in [0.25, 0.3) is 0 Å². The van der Waals surface area contributed by atoms with Crippen molar-refractivity contribution in [2.75, 3.05) is 0 Å². The second-order valence-electron chi connectivity index (χ2n) is 0.224. The molecule has 0 spiro atoms. The summed E-state index contributed by atoms with van der Waals surface area (Å²) in [5.41, 5.74) is 0. The van der Waals surface area contributed by atoms with Crippen molar-refractivity contribution in [3.63, 3.8) is 0 Å². The van der Waals surface area contributed by atoms with Crippen molar-refractivity contribution >= 4 is 0 Å². The molecule has 0 bridgehead atoms. The SMILES string of the molecule is N.N.O=[N+]([O-])[O-].[Cu]. The van der Waals surface area contributed by atoms with Crippen LogP contribution in [0.5, 0.6) is 0 Å². The normalized spacial score (nSPS) is 3.43. The first-order valence-corrected chi connectivity index (χ1v) is 0.548. The molecule has 0 aromatic rings. The van der Waals surface area contributed by atoms with E-state index in [4.69, 9.17) is 15.3 Å². The van der Waals surface area contributed by atoms with Gasteiger partial charge in [0.1, 0.15) is 0 Å². The Morgan fingerprint density at radius 2 is 1.14 bits per heavy atom. The van der Waals surface area contributed by atoms with E-state index >= 15 is 0 Å². The summed E-state index contributed by atoms with van der Waals surface area (Å²) in [7, 11) is 0. The van der Waals surface area contributed by atoms with Gasteiger partial charge in [-0.05, 0) is 0 Å². The van der Waals surface area contributed by atoms with Crippen molar-refractivity contribution in [3.05, 3.63) is 15.3 Å². The van der Waals surface area contributed by atoms with Gasteiger partial charge >= 0.3 is 0 Å². The van der Waals surface area contributed by atoms with Crippen LogP contribution in [0, 0.1) is 15.3 Å². The Morgan fingerprint density at radius 1 is 1.14 bits per heavy atom. The molecule has 51 valence electrons. The van der Waals surface area contributed by atoms with Crippen LogP contribution < -0.4 is 12.3 Å².